The van der Waals surface area contributed by atoms with Crippen molar-refractivity contribution in [3.8, 4) is 0 Å². The van der Waals surface area contributed by atoms with E-state index in [0.717, 1.165) is 22.3 Å². The summed E-state index contributed by atoms with van der Waals surface area (Å²) in [5.41, 5.74) is 2.50. The van der Waals surface area contributed by atoms with Crippen LogP contribution < -0.4 is 4.72 Å². The van der Waals surface area contributed by atoms with Crippen LogP contribution in [0.2, 0.25) is 0 Å². The summed E-state index contributed by atoms with van der Waals surface area (Å²) in [6.07, 6.45) is 0. The van der Waals surface area contributed by atoms with E-state index in [2.05, 4.69) is 35.9 Å². The van der Waals surface area contributed by atoms with Gasteiger partial charge < -0.3 is 0 Å². The van der Waals surface area contributed by atoms with Crippen LogP contribution >= 0.6 is 11.8 Å². The molecule has 0 saturated carbocycles. The second-order valence-electron chi connectivity index (χ2n) is 5.94. The van der Waals surface area contributed by atoms with Crippen LogP contribution in [0.25, 0.3) is 10.8 Å². The lowest BCUT2D eigenvalue weighted by atomic mass is 10.1. The number of rotatable bonds is 7. The van der Waals surface area contributed by atoms with Crippen LogP contribution in [-0.4, -0.2) is 20.7 Å². The number of hydrogen-bond donors (Lipinski definition) is 1. The standard InChI is InChI=1S/C20H21NO2S2/c1-16-6-8-17(9-7-16)15-24-13-12-21-25(22,23)20-11-10-18-4-2-3-5-19(18)14-20/h2-11,14,21H,12-13,15H2,1H3. The van der Waals surface area contributed by atoms with Gasteiger partial charge in [-0.2, -0.15) is 11.8 Å². The van der Waals surface area contributed by atoms with Gasteiger partial charge in [-0.1, -0.05) is 60.2 Å². The number of fused-ring (bicyclic) bond motifs is 1. The minimum absolute atomic E-state index is 0.315. The number of sulfonamides is 1. The van der Waals surface area contributed by atoms with E-state index in [4.69, 9.17) is 0 Å². The molecule has 0 saturated heterocycles. The van der Waals surface area contributed by atoms with Crippen molar-refractivity contribution in [2.24, 2.45) is 0 Å². The maximum atomic E-state index is 12.4. The van der Waals surface area contributed by atoms with Crippen molar-refractivity contribution >= 4 is 32.6 Å². The molecule has 0 aliphatic carbocycles. The Morgan fingerprint density at radius 3 is 2.40 bits per heavy atom. The van der Waals surface area contributed by atoms with Gasteiger partial charge in [-0.25, -0.2) is 13.1 Å². The molecular weight excluding hydrogens is 350 g/mol. The van der Waals surface area contributed by atoms with Crippen molar-refractivity contribution in [1.82, 2.24) is 4.72 Å². The first-order chi connectivity index (χ1) is 12.0. The predicted octanol–water partition coefficient (Wildman–Crippen LogP) is 4.36. The van der Waals surface area contributed by atoms with Crippen molar-refractivity contribution in [2.75, 3.05) is 12.3 Å². The van der Waals surface area contributed by atoms with Gasteiger partial charge in [0.1, 0.15) is 0 Å². The van der Waals surface area contributed by atoms with Crippen LogP contribution in [0, 0.1) is 6.92 Å². The maximum Gasteiger partial charge on any atom is 0.240 e. The zero-order chi connectivity index (χ0) is 17.7. The zero-order valence-corrected chi connectivity index (χ0v) is 15.7. The Labute approximate surface area is 153 Å². The van der Waals surface area contributed by atoms with Gasteiger partial charge in [-0.15, -0.1) is 0 Å². The molecule has 0 bridgehead atoms. The fraction of sp³-hybridized carbons (Fsp3) is 0.200. The molecule has 0 unspecified atom stereocenters. The third-order valence-corrected chi connectivity index (χ3v) is 6.45. The summed E-state index contributed by atoms with van der Waals surface area (Å²) in [4.78, 5) is 0.315. The van der Waals surface area contributed by atoms with E-state index in [-0.39, 0.29) is 0 Å². The monoisotopic (exact) mass is 371 g/mol. The molecule has 25 heavy (non-hydrogen) atoms. The summed E-state index contributed by atoms with van der Waals surface area (Å²) in [5.74, 6) is 1.62. The van der Waals surface area contributed by atoms with Gasteiger partial charge in [0, 0.05) is 18.1 Å². The molecule has 1 N–H and O–H groups in total. The molecule has 0 fully saturated rings. The highest BCUT2D eigenvalue weighted by Gasteiger charge is 2.13. The van der Waals surface area contributed by atoms with Crippen molar-refractivity contribution in [1.29, 1.82) is 0 Å². The highest BCUT2D eigenvalue weighted by molar-refractivity contribution is 7.98. The SMILES string of the molecule is Cc1ccc(CSCCNS(=O)(=O)c2ccc3ccccc3c2)cc1. The van der Waals surface area contributed by atoms with E-state index in [1.165, 1.54) is 11.1 Å². The molecule has 3 aromatic carbocycles. The Balaban J connectivity index is 1.53. The number of aryl methyl sites for hydroxylation is 1. The van der Waals surface area contributed by atoms with E-state index in [1.54, 1.807) is 23.9 Å². The molecule has 3 rings (SSSR count). The largest absolute Gasteiger partial charge is 0.240 e. The third kappa shape index (κ3) is 4.84. The molecular formula is C20H21NO2S2. The Kier molecular flexibility index (Phi) is 5.78. The summed E-state index contributed by atoms with van der Waals surface area (Å²) in [6, 6.07) is 21.4. The quantitative estimate of drug-likeness (QED) is 0.628. The number of nitrogens with one attached hydrogen (secondary N) is 1. The van der Waals surface area contributed by atoms with Crippen LogP contribution in [0.15, 0.2) is 71.6 Å². The fourth-order valence-corrected chi connectivity index (χ4v) is 4.56. The normalized spacial score (nSPS) is 11.7. The predicted molar refractivity (Wildman–Crippen MR) is 106 cm³/mol. The van der Waals surface area contributed by atoms with Gasteiger partial charge in [0.15, 0.2) is 0 Å². The van der Waals surface area contributed by atoms with Crippen LogP contribution in [0.4, 0.5) is 0 Å². The lowest BCUT2D eigenvalue weighted by Gasteiger charge is -2.08. The van der Waals surface area contributed by atoms with Gasteiger partial charge >= 0.3 is 0 Å². The van der Waals surface area contributed by atoms with Crippen molar-refractivity contribution in [2.45, 2.75) is 17.6 Å². The highest BCUT2D eigenvalue weighted by atomic mass is 32.2. The third-order valence-electron chi connectivity index (χ3n) is 3.96. The first kappa shape index (κ1) is 18.0. The molecule has 3 aromatic rings. The topological polar surface area (TPSA) is 46.2 Å². The molecule has 0 aliphatic heterocycles. The first-order valence-corrected chi connectivity index (χ1v) is 10.8. The Hall–Kier alpha value is -1.82. The van der Waals surface area contributed by atoms with Gasteiger partial charge in [0.2, 0.25) is 10.0 Å². The van der Waals surface area contributed by atoms with Crippen molar-refractivity contribution in [3.63, 3.8) is 0 Å². The zero-order valence-electron chi connectivity index (χ0n) is 14.1. The summed E-state index contributed by atoms with van der Waals surface area (Å²) in [6.45, 7) is 2.49. The summed E-state index contributed by atoms with van der Waals surface area (Å²) < 4.78 is 27.5. The summed E-state index contributed by atoms with van der Waals surface area (Å²) in [7, 11) is -3.47. The van der Waals surface area contributed by atoms with Crippen LogP contribution in [-0.2, 0) is 15.8 Å². The molecule has 3 nitrogen and oxygen atoms in total. The Morgan fingerprint density at radius 2 is 1.64 bits per heavy atom. The fourth-order valence-electron chi connectivity index (χ4n) is 2.54. The lowest BCUT2D eigenvalue weighted by molar-refractivity contribution is 0.584. The minimum atomic E-state index is -3.47. The van der Waals surface area contributed by atoms with E-state index in [9.17, 15) is 8.42 Å². The van der Waals surface area contributed by atoms with Gasteiger partial charge in [0.05, 0.1) is 4.90 Å². The average molecular weight is 372 g/mol. The minimum Gasteiger partial charge on any atom is -0.210 e. The maximum absolute atomic E-state index is 12.4. The van der Waals surface area contributed by atoms with Crippen molar-refractivity contribution in [3.05, 3.63) is 77.9 Å². The summed E-state index contributed by atoms with van der Waals surface area (Å²) in [5, 5.41) is 1.97. The molecule has 0 amide bonds. The molecule has 0 spiro atoms. The van der Waals surface area contributed by atoms with E-state index >= 15 is 0 Å². The smallest absolute Gasteiger partial charge is 0.210 e. The van der Waals surface area contributed by atoms with Gasteiger partial charge in [0.25, 0.3) is 0 Å². The molecule has 0 heterocycles. The van der Waals surface area contributed by atoms with Crippen LogP contribution in [0.5, 0.6) is 0 Å². The number of benzene rings is 3. The molecule has 0 aromatic heterocycles. The lowest BCUT2D eigenvalue weighted by Crippen LogP contribution is -2.26. The van der Waals surface area contributed by atoms with Crippen LogP contribution in [0.1, 0.15) is 11.1 Å². The molecule has 0 aliphatic rings. The van der Waals surface area contributed by atoms with E-state index in [0.29, 0.717) is 11.4 Å². The number of thioether (sulfide) groups is 1. The molecule has 0 radical (unpaired) electrons. The highest BCUT2D eigenvalue weighted by Crippen LogP contribution is 2.19. The van der Waals surface area contributed by atoms with E-state index in [1.807, 2.05) is 30.3 Å². The van der Waals surface area contributed by atoms with Gasteiger partial charge in [-0.05, 0) is 35.4 Å². The molecule has 0 atom stereocenters. The van der Waals surface area contributed by atoms with Gasteiger partial charge in [-0.3, -0.25) is 0 Å². The van der Waals surface area contributed by atoms with Crippen molar-refractivity contribution < 1.29 is 8.42 Å². The van der Waals surface area contributed by atoms with E-state index < -0.39 is 10.0 Å². The Morgan fingerprint density at radius 1 is 0.920 bits per heavy atom. The second-order valence-corrected chi connectivity index (χ2v) is 8.82. The summed E-state index contributed by atoms with van der Waals surface area (Å²) >= 11 is 1.72. The number of hydrogen-bond acceptors (Lipinski definition) is 3. The Bertz CT molecular complexity index is 951. The average Bonchev–Trinajstić information content (AvgIpc) is 2.62. The second kappa shape index (κ2) is 8.04. The molecule has 5 heteroatoms. The first-order valence-electron chi connectivity index (χ1n) is 8.16. The molecule has 130 valence electrons. The van der Waals surface area contributed by atoms with Crippen LogP contribution in [0.3, 0.4) is 0 Å².